The van der Waals surface area contributed by atoms with Gasteiger partial charge in [-0.2, -0.15) is 0 Å². The lowest BCUT2D eigenvalue weighted by molar-refractivity contribution is 0.0858. The first kappa shape index (κ1) is 14.0. The Kier molecular flexibility index (Phi) is 3.85. The van der Waals surface area contributed by atoms with E-state index in [0.717, 1.165) is 19.4 Å². The second-order valence-corrected chi connectivity index (χ2v) is 5.42. The maximum Gasteiger partial charge on any atom is 0.259 e. The Labute approximate surface area is 125 Å². The molecule has 0 radical (unpaired) electrons. The molecule has 1 atom stereocenters. The number of amides is 1. The maximum absolute atomic E-state index is 12.1. The number of ether oxygens (including phenoxy) is 1. The van der Waals surface area contributed by atoms with Crippen molar-refractivity contribution in [3.05, 3.63) is 38.9 Å². The van der Waals surface area contributed by atoms with Crippen molar-refractivity contribution < 1.29 is 9.53 Å². The van der Waals surface area contributed by atoms with E-state index in [0.29, 0.717) is 23.0 Å². The lowest BCUT2D eigenvalue weighted by Crippen LogP contribution is -2.31. The van der Waals surface area contributed by atoms with Crippen LogP contribution >= 0.6 is 12.2 Å². The van der Waals surface area contributed by atoms with Crippen molar-refractivity contribution >= 4 is 29.0 Å². The number of benzene rings is 1. The van der Waals surface area contributed by atoms with Gasteiger partial charge in [0, 0.05) is 18.7 Å². The van der Waals surface area contributed by atoms with Crippen LogP contribution in [0.4, 0.5) is 0 Å². The third kappa shape index (κ3) is 3.03. The molecule has 6 nitrogen and oxygen atoms in total. The third-order valence-electron chi connectivity index (χ3n) is 3.52. The third-order valence-corrected chi connectivity index (χ3v) is 3.72. The summed E-state index contributed by atoms with van der Waals surface area (Å²) in [4.78, 5) is 29.2. The van der Waals surface area contributed by atoms with E-state index in [9.17, 15) is 9.59 Å². The molecule has 0 unspecified atom stereocenters. The Morgan fingerprint density at radius 3 is 3.05 bits per heavy atom. The second kappa shape index (κ2) is 5.79. The quantitative estimate of drug-likeness (QED) is 0.750. The smallest absolute Gasteiger partial charge is 0.259 e. The number of aromatic nitrogens is 2. The van der Waals surface area contributed by atoms with E-state index in [1.807, 2.05) is 0 Å². The lowest BCUT2D eigenvalue weighted by atomic mass is 10.1. The van der Waals surface area contributed by atoms with Crippen molar-refractivity contribution in [3.63, 3.8) is 0 Å². The monoisotopic (exact) mass is 305 g/mol. The normalized spacial score (nSPS) is 18.0. The van der Waals surface area contributed by atoms with Gasteiger partial charge in [0.15, 0.2) is 4.77 Å². The molecule has 2 heterocycles. The van der Waals surface area contributed by atoms with Crippen LogP contribution in [0.1, 0.15) is 23.2 Å². The van der Waals surface area contributed by atoms with E-state index in [4.69, 9.17) is 17.0 Å². The topological polar surface area (TPSA) is 87.0 Å². The summed E-state index contributed by atoms with van der Waals surface area (Å²) in [6, 6.07) is 4.87. The Hall–Kier alpha value is -1.99. The summed E-state index contributed by atoms with van der Waals surface area (Å²) in [5.74, 6) is -0.188. The maximum atomic E-state index is 12.1. The van der Waals surface area contributed by atoms with E-state index < -0.39 is 0 Å². The van der Waals surface area contributed by atoms with Crippen molar-refractivity contribution in [1.29, 1.82) is 0 Å². The Balaban J connectivity index is 1.81. The first-order chi connectivity index (χ1) is 10.1. The predicted molar refractivity (Wildman–Crippen MR) is 81.1 cm³/mol. The van der Waals surface area contributed by atoms with Crippen molar-refractivity contribution in [2.75, 3.05) is 13.2 Å². The summed E-state index contributed by atoms with van der Waals surface area (Å²) >= 11 is 4.93. The average Bonchev–Trinajstić information content (AvgIpc) is 2.97. The zero-order valence-corrected chi connectivity index (χ0v) is 12.1. The van der Waals surface area contributed by atoms with Crippen molar-refractivity contribution in [3.8, 4) is 0 Å². The molecule has 0 saturated carbocycles. The van der Waals surface area contributed by atoms with Crippen LogP contribution in [-0.2, 0) is 4.74 Å². The molecule has 110 valence electrons. The summed E-state index contributed by atoms with van der Waals surface area (Å²) in [5.41, 5.74) is 0.769. The molecule has 21 heavy (non-hydrogen) atoms. The molecular formula is C14H15N3O3S. The molecule has 1 fully saturated rings. The van der Waals surface area contributed by atoms with Gasteiger partial charge in [0.05, 0.1) is 17.0 Å². The molecule has 3 rings (SSSR count). The molecule has 1 aromatic heterocycles. The fourth-order valence-corrected chi connectivity index (χ4v) is 2.63. The number of carbonyl (C=O) groups is 1. The zero-order chi connectivity index (χ0) is 14.8. The minimum atomic E-state index is -0.264. The van der Waals surface area contributed by atoms with Crippen LogP contribution in [0.15, 0.2) is 23.0 Å². The molecule has 1 saturated heterocycles. The number of hydrogen-bond acceptors (Lipinski definition) is 4. The molecular weight excluding hydrogens is 290 g/mol. The van der Waals surface area contributed by atoms with Crippen molar-refractivity contribution in [2.24, 2.45) is 0 Å². The van der Waals surface area contributed by atoms with Gasteiger partial charge in [0.1, 0.15) is 0 Å². The van der Waals surface area contributed by atoms with E-state index in [2.05, 4.69) is 15.3 Å². The highest BCUT2D eigenvalue weighted by atomic mass is 32.1. The number of nitrogens with one attached hydrogen (secondary N) is 3. The SMILES string of the molecule is O=C(NC[C@H]1CCCO1)c1ccc2c(=O)[nH]c(=S)[nH]c2c1. The van der Waals surface area contributed by atoms with Gasteiger partial charge in [-0.15, -0.1) is 0 Å². The highest BCUT2D eigenvalue weighted by molar-refractivity contribution is 7.71. The van der Waals surface area contributed by atoms with Crippen LogP contribution in [0.2, 0.25) is 0 Å². The zero-order valence-electron chi connectivity index (χ0n) is 11.3. The highest BCUT2D eigenvalue weighted by Gasteiger charge is 2.16. The molecule has 3 N–H and O–H groups in total. The lowest BCUT2D eigenvalue weighted by Gasteiger charge is -2.11. The van der Waals surface area contributed by atoms with E-state index in [-0.39, 0.29) is 22.3 Å². The number of rotatable bonds is 3. The van der Waals surface area contributed by atoms with Crippen molar-refractivity contribution in [2.45, 2.75) is 18.9 Å². The minimum absolute atomic E-state index is 0.100. The number of aromatic amines is 2. The van der Waals surface area contributed by atoms with Crippen LogP contribution in [0, 0.1) is 4.77 Å². The van der Waals surface area contributed by atoms with Crippen LogP contribution in [0.25, 0.3) is 10.9 Å². The largest absolute Gasteiger partial charge is 0.376 e. The fourth-order valence-electron chi connectivity index (χ4n) is 2.42. The number of H-pyrrole nitrogens is 2. The molecule has 0 bridgehead atoms. The van der Waals surface area contributed by atoms with Crippen LogP contribution in [-0.4, -0.2) is 35.1 Å². The van der Waals surface area contributed by atoms with Crippen molar-refractivity contribution in [1.82, 2.24) is 15.3 Å². The molecule has 1 aromatic carbocycles. The van der Waals surface area contributed by atoms with Gasteiger partial charge in [-0.3, -0.25) is 14.6 Å². The predicted octanol–water partition coefficient (Wildman–Crippen LogP) is 1.49. The van der Waals surface area contributed by atoms with Crippen LogP contribution < -0.4 is 10.9 Å². The molecule has 0 aliphatic carbocycles. The van der Waals surface area contributed by atoms with Gasteiger partial charge in [-0.05, 0) is 43.3 Å². The Morgan fingerprint density at radius 2 is 2.29 bits per heavy atom. The number of hydrogen-bond donors (Lipinski definition) is 3. The fraction of sp³-hybridized carbons (Fsp3) is 0.357. The highest BCUT2D eigenvalue weighted by Crippen LogP contribution is 2.12. The summed E-state index contributed by atoms with van der Waals surface area (Å²) < 4.78 is 5.70. The number of carbonyl (C=O) groups excluding carboxylic acids is 1. The number of fused-ring (bicyclic) bond motifs is 1. The molecule has 1 aliphatic heterocycles. The van der Waals surface area contributed by atoms with Gasteiger partial charge in [-0.1, -0.05) is 0 Å². The van der Waals surface area contributed by atoms with Gasteiger partial charge in [-0.25, -0.2) is 0 Å². The van der Waals surface area contributed by atoms with E-state index in [1.54, 1.807) is 18.2 Å². The molecule has 7 heteroatoms. The van der Waals surface area contributed by atoms with Gasteiger partial charge in [0.25, 0.3) is 11.5 Å². The first-order valence-electron chi connectivity index (χ1n) is 6.79. The van der Waals surface area contributed by atoms with Gasteiger partial charge in [0.2, 0.25) is 0 Å². The molecule has 0 spiro atoms. The standard InChI is InChI=1S/C14H15N3O3S/c18-12(15-7-9-2-1-5-20-9)8-3-4-10-11(6-8)16-14(21)17-13(10)19/h3-4,6,9H,1-2,5,7H2,(H,15,18)(H2,16,17,19,21)/t9-/m1/s1. The second-order valence-electron chi connectivity index (χ2n) is 5.01. The van der Waals surface area contributed by atoms with E-state index >= 15 is 0 Å². The summed E-state index contributed by atoms with van der Waals surface area (Å²) in [6.45, 7) is 1.26. The Bertz CT molecular complexity index is 790. The molecule has 2 aromatic rings. The summed E-state index contributed by atoms with van der Waals surface area (Å²) in [5, 5.41) is 3.32. The minimum Gasteiger partial charge on any atom is -0.376 e. The average molecular weight is 305 g/mol. The Morgan fingerprint density at radius 1 is 1.43 bits per heavy atom. The van der Waals surface area contributed by atoms with Crippen LogP contribution in [0.5, 0.6) is 0 Å². The first-order valence-corrected chi connectivity index (χ1v) is 7.20. The van der Waals surface area contributed by atoms with Gasteiger partial charge < -0.3 is 15.0 Å². The van der Waals surface area contributed by atoms with Crippen LogP contribution in [0.3, 0.4) is 0 Å². The summed E-state index contributed by atoms with van der Waals surface area (Å²) in [7, 11) is 0. The summed E-state index contributed by atoms with van der Waals surface area (Å²) in [6.07, 6.45) is 2.11. The van der Waals surface area contributed by atoms with Gasteiger partial charge >= 0.3 is 0 Å². The molecule has 1 aliphatic rings. The molecule has 1 amide bonds. The van der Waals surface area contributed by atoms with E-state index in [1.165, 1.54) is 0 Å².